The lowest BCUT2D eigenvalue weighted by atomic mass is 10.1. The molecule has 0 fully saturated rings. The first kappa shape index (κ1) is 15.4. The van der Waals surface area contributed by atoms with Crippen LogP contribution in [0.25, 0.3) is 6.08 Å². The van der Waals surface area contributed by atoms with Gasteiger partial charge in [0.05, 0.1) is 5.02 Å². The zero-order valence-corrected chi connectivity index (χ0v) is 12.7. The Kier molecular flexibility index (Phi) is 4.89. The zero-order valence-electron chi connectivity index (χ0n) is 11.1. The summed E-state index contributed by atoms with van der Waals surface area (Å²) in [6.07, 6.45) is 2.56. The van der Waals surface area contributed by atoms with E-state index in [0.29, 0.717) is 21.5 Å². The van der Waals surface area contributed by atoms with Crippen molar-refractivity contribution in [3.8, 4) is 11.5 Å². The van der Waals surface area contributed by atoms with Gasteiger partial charge in [0.1, 0.15) is 16.5 Å². The molecule has 0 bridgehead atoms. The number of carboxylic acid groups (broad SMARTS) is 1. The minimum atomic E-state index is -1.00. The molecule has 21 heavy (non-hydrogen) atoms. The Labute approximate surface area is 132 Å². The van der Waals surface area contributed by atoms with Gasteiger partial charge in [0.15, 0.2) is 0 Å². The summed E-state index contributed by atoms with van der Waals surface area (Å²) in [5.41, 5.74) is 1.62. The number of carboxylic acids is 1. The van der Waals surface area contributed by atoms with Crippen LogP contribution in [-0.2, 0) is 4.79 Å². The predicted octanol–water partition coefficient (Wildman–Crippen LogP) is 5.19. The van der Waals surface area contributed by atoms with Gasteiger partial charge in [0.25, 0.3) is 0 Å². The Morgan fingerprint density at radius 1 is 1.19 bits per heavy atom. The van der Waals surface area contributed by atoms with Crippen LogP contribution < -0.4 is 4.74 Å². The van der Waals surface area contributed by atoms with Gasteiger partial charge in [0, 0.05) is 6.08 Å². The Hall–Kier alpha value is -1.97. The van der Waals surface area contributed by atoms with Gasteiger partial charge in [-0.05, 0) is 42.3 Å². The number of rotatable bonds is 4. The molecule has 0 saturated heterocycles. The van der Waals surface area contributed by atoms with Crippen molar-refractivity contribution in [1.29, 1.82) is 0 Å². The minimum absolute atomic E-state index is 0.338. The number of carbonyl (C=O) groups is 1. The van der Waals surface area contributed by atoms with Crippen LogP contribution in [-0.4, -0.2) is 11.1 Å². The topological polar surface area (TPSA) is 46.5 Å². The Morgan fingerprint density at radius 2 is 1.95 bits per heavy atom. The molecule has 2 aromatic rings. The van der Waals surface area contributed by atoms with E-state index in [1.54, 1.807) is 30.3 Å². The molecule has 0 heterocycles. The summed E-state index contributed by atoms with van der Waals surface area (Å²) in [6, 6.07) is 10.5. The van der Waals surface area contributed by atoms with E-state index >= 15 is 0 Å². The second-order valence-electron chi connectivity index (χ2n) is 4.35. The summed E-state index contributed by atoms with van der Waals surface area (Å²) >= 11 is 12.0. The number of hydrogen-bond donors (Lipinski definition) is 1. The fourth-order valence-electron chi connectivity index (χ4n) is 1.68. The van der Waals surface area contributed by atoms with E-state index < -0.39 is 5.97 Å². The van der Waals surface area contributed by atoms with E-state index in [-0.39, 0.29) is 0 Å². The second kappa shape index (κ2) is 6.66. The van der Waals surface area contributed by atoms with Crippen LogP contribution in [0.15, 0.2) is 42.5 Å². The molecule has 108 valence electrons. The lowest BCUT2D eigenvalue weighted by molar-refractivity contribution is -0.131. The molecule has 0 aromatic heterocycles. The summed E-state index contributed by atoms with van der Waals surface area (Å²) < 4.78 is 5.77. The van der Waals surface area contributed by atoms with Gasteiger partial charge in [-0.25, -0.2) is 4.79 Å². The third-order valence-corrected chi connectivity index (χ3v) is 3.57. The van der Waals surface area contributed by atoms with Gasteiger partial charge in [-0.15, -0.1) is 0 Å². The molecule has 3 nitrogen and oxygen atoms in total. The maximum Gasteiger partial charge on any atom is 0.328 e. The number of benzene rings is 2. The number of hydrogen-bond acceptors (Lipinski definition) is 2. The van der Waals surface area contributed by atoms with E-state index in [0.717, 1.165) is 17.2 Å². The number of aryl methyl sites for hydroxylation is 1. The highest BCUT2D eigenvalue weighted by Crippen LogP contribution is 2.35. The van der Waals surface area contributed by atoms with Gasteiger partial charge in [-0.1, -0.05) is 41.4 Å². The van der Waals surface area contributed by atoms with Crippen molar-refractivity contribution in [2.45, 2.75) is 6.92 Å². The maximum atomic E-state index is 10.5. The van der Waals surface area contributed by atoms with Crippen LogP contribution in [0.1, 0.15) is 11.1 Å². The molecule has 0 aliphatic rings. The van der Waals surface area contributed by atoms with Crippen LogP contribution in [0, 0.1) is 6.92 Å². The first-order valence-corrected chi connectivity index (χ1v) is 6.86. The molecule has 2 rings (SSSR count). The second-order valence-corrected chi connectivity index (χ2v) is 5.14. The van der Waals surface area contributed by atoms with E-state index in [9.17, 15) is 4.79 Å². The molecule has 1 N–H and O–H groups in total. The molecule has 0 aliphatic carbocycles. The Balaban J connectivity index is 2.33. The fraction of sp³-hybridized carbons (Fsp3) is 0.0625. The zero-order chi connectivity index (χ0) is 15.4. The van der Waals surface area contributed by atoms with Crippen LogP contribution in [0.5, 0.6) is 11.5 Å². The highest BCUT2D eigenvalue weighted by atomic mass is 35.5. The lowest BCUT2D eigenvalue weighted by Gasteiger charge is -2.11. The van der Waals surface area contributed by atoms with E-state index in [1.165, 1.54) is 6.08 Å². The molecule has 0 amide bonds. The molecule has 0 atom stereocenters. The van der Waals surface area contributed by atoms with Gasteiger partial charge >= 0.3 is 5.97 Å². The SMILES string of the molecule is Cc1ccc(/C=C/C(=O)O)cc1Oc1cccc(Cl)c1Cl. The van der Waals surface area contributed by atoms with Gasteiger partial charge in [-0.2, -0.15) is 0 Å². The van der Waals surface area contributed by atoms with Crippen molar-refractivity contribution in [3.63, 3.8) is 0 Å². The smallest absolute Gasteiger partial charge is 0.328 e. The van der Waals surface area contributed by atoms with Crippen LogP contribution in [0.4, 0.5) is 0 Å². The summed E-state index contributed by atoms with van der Waals surface area (Å²) in [5, 5.41) is 9.40. The molecule has 5 heteroatoms. The average Bonchev–Trinajstić information content (AvgIpc) is 2.44. The monoisotopic (exact) mass is 322 g/mol. The molecule has 0 radical (unpaired) electrons. The van der Waals surface area contributed by atoms with Crippen molar-refractivity contribution in [1.82, 2.24) is 0 Å². The summed E-state index contributed by atoms with van der Waals surface area (Å²) in [6.45, 7) is 1.89. The summed E-state index contributed by atoms with van der Waals surface area (Å²) in [5.74, 6) is 0.0364. The number of ether oxygens (including phenoxy) is 1. The molecule has 0 spiro atoms. The summed E-state index contributed by atoms with van der Waals surface area (Å²) in [4.78, 5) is 10.5. The molecule has 0 unspecified atom stereocenters. The predicted molar refractivity (Wildman–Crippen MR) is 84.4 cm³/mol. The molecule has 0 aliphatic heterocycles. The molecule has 0 saturated carbocycles. The van der Waals surface area contributed by atoms with Gasteiger partial charge < -0.3 is 9.84 Å². The van der Waals surface area contributed by atoms with Crippen LogP contribution >= 0.6 is 23.2 Å². The average molecular weight is 323 g/mol. The van der Waals surface area contributed by atoms with Crippen molar-refractivity contribution < 1.29 is 14.6 Å². The van der Waals surface area contributed by atoms with Crippen LogP contribution in [0.3, 0.4) is 0 Å². The number of aliphatic carboxylic acids is 1. The third-order valence-electron chi connectivity index (χ3n) is 2.77. The highest BCUT2D eigenvalue weighted by molar-refractivity contribution is 6.42. The quantitative estimate of drug-likeness (QED) is 0.787. The fourth-order valence-corrected chi connectivity index (χ4v) is 2.01. The third kappa shape index (κ3) is 4.00. The van der Waals surface area contributed by atoms with Crippen molar-refractivity contribution in [2.24, 2.45) is 0 Å². The molecular formula is C16H12Cl2O3. The Morgan fingerprint density at radius 3 is 2.67 bits per heavy atom. The van der Waals surface area contributed by atoms with E-state index in [2.05, 4.69) is 0 Å². The van der Waals surface area contributed by atoms with Crippen LogP contribution in [0.2, 0.25) is 10.0 Å². The first-order chi connectivity index (χ1) is 9.97. The van der Waals surface area contributed by atoms with Crippen molar-refractivity contribution in [3.05, 3.63) is 63.6 Å². The lowest BCUT2D eigenvalue weighted by Crippen LogP contribution is -1.90. The Bertz CT molecular complexity index is 709. The standard InChI is InChI=1S/C16H12Cl2O3/c1-10-5-6-11(7-8-15(19)20)9-14(10)21-13-4-2-3-12(17)16(13)18/h2-9H,1H3,(H,19,20)/b8-7+. The van der Waals surface area contributed by atoms with Gasteiger partial charge in [-0.3, -0.25) is 0 Å². The minimum Gasteiger partial charge on any atom is -0.478 e. The number of halogens is 2. The maximum absolute atomic E-state index is 10.5. The molecular weight excluding hydrogens is 311 g/mol. The van der Waals surface area contributed by atoms with Gasteiger partial charge in [0.2, 0.25) is 0 Å². The van der Waals surface area contributed by atoms with E-state index in [4.69, 9.17) is 33.0 Å². The van der Waals surface area contributed by atoms with Crippen molar-refractivity contribution >= 4 is 35.2 Å². The summed E-state index contributed by atoms with van der Waals surface area (Å²) in [7, 11) is 0. The van der Waals surface area contributed by atoms with Crippen molar-refractivity contribution in [2.75, 3.05) is 0 Å². The first-order valence-electron chi connectivity index (χ1n) is 6.11. The molecule has 2 aromatic carbocycles. The van der Waals surface area contributed by atoms with E-state index in [1.807, 2.05) is 13.0 Å². The highest BCUT2D eigenvalue weighted by Gasteiger charge is 2.08. The normalized spacial score (nSPS) is 10.8. The largest absolute Gasteiger partial charge is 0.478 e.